The first-order valence-corrected chi connectivity index (χ1v) is 6.28. The zero-order chi connectivity index (χ0) is 12.3. The zero-order valence-corrected chi connectivity index (χ0v) is 10.3. The van der Waals surface area contributed by atoms with Crippen LogP contribution in [-0.2, 0) is 0 Å². The number of nitriles is 1. The molecule has 1 fully saturated rings. The van der Waals surface area contributed by atoms with Crippen LogP contribution in [-0.4, -0.2) is 12.6 Å². The highest BCUT2D eigenvalue weighted by atomic mass is 15.2. The van der Waals surface area contributed by atoms with Gasteiger partial charge in [-0.05, 0) is 38.0 Å². The van der Waals surface area contributed by atoms with Crippen LogP contribution >= 0.6 is 0 Å². The van der Waals surface area contributed by atoms with Gasteiger partial charge < -0.3 is 10.6 Å². The van der Waals surface area contributed by atoms with E-state index in [1.165, 1.54) is 25.7 Å². The molecular formula is C14H19N3. The van der Waals surface area contributed by atoms with E-state index in [1.807, 2.05) is 18.2 Å². The Morgan fingerprint density at radius 3 is 2.88 bits per heavy atom. The third-order valence-corrected chi connectivity index (χ3v) is 3.54. The highest BCUT2D eigenvalue weighted by molar-refractivity contribution is 5.63. The normalized spacial score (nSPS) is 20.7. The summed E-state index contributed by atoms with van der Waals surface area (Å²) in [7, 11) is 0. The first-order chi connectivity index (χ1) is 8.22. The van der Waals surface area contributed by atoms with Gasteiger partial charge in [0.1, 0.15) is 6.07 Å². The SMILES string of the molecule is CC1CCCCCN1c1ccc(C#N)c(N)c1. The fraction of sp³-hybridized carbons (Fsp3) is 0.500. The molecule has 0 spiro atoms. The van der Waals surface area contributed by atoms with E-state index in [0.29, 0.717) is 17.3 Å². The molecule has 1 unspecified atom stereocenters. The van der Waals surface area contributed by atoms with E-state index in [0.717, 1.165) is 12.2 Å². The van der Waals surface area contributed by atoms with Gasteiger partial charge >= 0.3 is 0 Å². The summed E-state index contributed by atoms with van der Waals surface area (Å²) in [6.45, 7) is 3.35. The van der Waals surface area contributed by atoms with Gasteiger partial charge in [0, 0.05) is 18.3 Å². The van der Waals surface area contributed by atoms with Crippen molar-refractivity contribution >= 4 is 11.4 Å². The standard InChI is InChI=1S/C14H19N3/c1-11-5-3-2-4-8-17(11)13-7-6-12(10-15)14(16)9-13/h6-7,9,11H,2-5,8,16H2,1H3. The van der Waals surface area contributed by atoms with Crippen LogP contribution in [0, 0.1) is 11.3 Å². The summed E-state index contributed by atoms with van der Waals surface area (Å²) in [6, 6.07) is 8.43. The topological polar surface area (TPSA) is 53.0 Å². The Bertz CT molecular complexity index is 434. The van der Waals surface area contributed by atoms with Gasteiger partial charge in [-0.1, -0.05) is 12.8 Å². The molecule has 17 heavy (non-hydrogen) atoms. The van der Waals surface area contributed by atoms with E-state index in [2.05, 4.69) is 17.9 Å². The van der Waals surface area contributed by atoms with Crippen LogP contribution in [0.3, 0.4) is 0 Å². The van der Waals surface area contributed by atoms with Crippen molar-refractivity contribution in [2.24, 2.45) is 0 Å². The van der Waals surface area contributed by atoms with E-state index in [4.69, 9.17) is 11.0 Å². The Labute approximate surface area is 103 Å². The van der Waals surface area contributed by atoms with Crippen LogP contribution < -0.4 is 10.6 Å². The number of hydrogen-bond donors (Lipinski definition) is 1. The van der Waals surface area contributed by atoms with Crippen LogP contribution in [0.2, 0.25) is 0 Å². The van der Waals surface area contributed by atoms with Crippen molar-refractivity contribution in [3.8, 4) is 6.07 Å². The predicted molar refractivity (Wildman–Crippen MR) is 70.8 cm³/mol. The molecule has 0 saturated carbocycles. The monoisotopic (exact) mass is 229 g/mol. The van der Waals surface area contributed by atoms with Gasteiger partial charge in [0.25, 0.3) is 0 Å². The van der Waals surface area contributed by atoms with Crippen LogP contribution in [0.25, 0.3) is 0 Å². The van der Waals surface area contributed by atoms with Gasteiger partial charge in [-0.25, -0.2) is 0 Å². The molecular weight excluding hydrogens is 210 g/mol. The van der Waals surface area contributed by atoms with Crippen molar-refractivity contribution in [2.45, 2.75) is 38.6 Å². The lowest BCUT2D eigenvalue weighted by molar-refractivity contribution is 0.616. The van der Waals surface area contributed by atoms with Crippen molar-refractivity contribution in [3.63, 3.8) is 0 Å². The van der Waals surface area contributed by atoms with E-state index in [9.17, 15) is 0 Å². The number of benzene rings is 1. The number of anilines is 2. The lowest BCUT2D eigenvalue weighted by atomic mass is 10.1. The maximum Gasteiger partial charge on any atom is 0.101 e. The van der Waals surface area contributed by atoms with E-state index < -0.39 is 0 Å². The molecule has 3 nitrogen and oxygen atoms in total. The van der Waals surface area contributed by atoms with Crippen molar-refractivity contribution < 1.29 is 0 Å². The summed E-state index contributed by atoms with van der Waals surface area (Å²) < 4.78 is 0. The minimum atomic E-state index is 0.560. The third-order valence-electron chi connectivity index (χ3n) is 3.54. The lowest BCUT2D eigenvalue weighted by Gasteiger charge is -2.29. The minimum absolute atomic E-state index is 0.560. The minimum Gasteiger partial charge on any atom is -0.398 e. The molecule has 1 saturated heterocycles. The van der Waals surface area contributed by atoms with Gasteiger partial charge in [-0.15, -0.1) is 0 Å². The molecule has 3 heteroatoms. The van der Waals surface area contributed by atoms with Crippen LogP contribution in [0.4, 0.5) is 11.4 Å². The number of nitrogen functional groups attached to an aromatic ring is 1. The van der Waals surface area contributed by atoms with E-state index >= 15 is 0 Å². The van der Waals surface area contributed by atoms with E-state index in [1.54, 1.807) is 0 Å². The largest absolute Gasteiger partial charge is 0.398 e. The maximum absolute atomic E-state index is 8.87. The summed E-state index contributed by atoms with van der Waals surface area (Å²) >= 11 is 0. The summed E-state index contributed by atoms with van der Waals surface area (Å²) in [5, 5.41) is 8.87. The lowest BCUT2D eigenvalue weighted by Crippen LogP contribution is -2.32. The average Bonchev–Trinajstić information content (AvgIpc) is 2.54. The summed E-state index contributed by atoms with van der Waals surface area (Å²) in [4.78, 5) is 2.41. The molecule has 0 aromatic heterocycles. The molecule has 1 aromatic rings. The van der Waals surface area contributed by atoms with Crippen LogP contribution in [0.1, 0.15) is 38.2 Å². The maximum atomic E-state index is 8.87. The molecule has 1 aliphatic rings. The molecule has 0 aliphatic carbocycles. The van der Waals surface area contributed by atoms with Gasteiger partial charge in [0.05, 0.1) is 11.3 Å². The molecule has 2 rings (SSSR count). The Balaban J connectivity index is 2.26. The van der Waals surface area contributed by atoms with Crippen molar-refractivity contribution in [1.29, 1.82) is 5.26 Å². The smallest absolute Gasteiger partial charge is 0.101 e. The average molecular weight is 229 g/mol. The first kappa shape index (κ1) is 11.8. The molecule has 0 bridgehead atoms. The van der Waals surface area contributed by atoms with Crippen molar-refractivity contribution in [1.82, 2.24) is 0 Å². The molecule has 1 aliphatic heterocycles. The number of hydrogen-bond acceptors (Lipinski definition) is 3. The Hall–Kier alpha value is -1.69. The predicted octanol–water partition coefficient (Wildman–Crippen LogP) is 2.91. The molecule has 90 valence electrons. The van der Waals surface area contributed by atoms with Crippen LogP contribution in [0.5, 0.6) is 0 Å². The molecule has 0 amide bonds. The van der Waals surface area contributed by atoms with Crippen molar-refractivity contribution in [2.75, 3.05) is 17.2 Å². The Morgan fingerprint density at radius 2 is 2.18 bits per heavy atom. The van der Waals surface area contributed by atoms with Gasteiger partial charge in [-0.3, -0.25) is 0 Å². The Morgan fingerprint density at radius 1 is 1.35 bits per heavy atom. The van der Waals surface area contributed by atoms with E-state index in [-0.39, 0.29) is 0 Å². The van der Waals surface area contributed by atoms with Gasteiger partial charge in [-0.2, -0.15) is 5.26 Å². The Kier molecular flexibility index (Phi) is 3.53. The quantitative estimate of drug-likeness (QED) is 0.753. The van der Waals surface area contributed by atoms with Gasteiger partial charge in [0.2, 0.25) is 0 Å². The highest BCUT2D eigenvalue weighted by Crippen LogP contribution is 2.26. The third kappa shape index (κ3) is 2.52. The summed E-state index contributed by atoms with van der Waals surface area (Å²) in [6.07, 6.45) is 5.10. The second-order valence-electron chi connectivity index (χ2n) is 4.78. The molecule has 0 radical (unpaired) electrons. The first-order valence-electron chi connectivity index (χ1n) is 6.28. The number of nitrogens with two attached hydrogens (primary N) is 1. The number of nitrogens with zero attached hydrogens (tertiary/aromatic N) is 2. The number of rotatable bonds is 1. The second kappa shape index (κ2) is 5.09. The fourth-order valence-corrected chi connectivity index (χ4v) is 2.49. The van der Waals surface area contributed by atoms with Gasteiger partial charge in [0.15, 0.2) is 0 Å². The molecule has 1 atom stereocenters. The highest BCUT2D eigenvalue weighted by Gasteiger charge is 2.17. The molecule has 1 aromatic carbocycles. The van der Waals surface area contributed by atoms with Crippen molar-refractivity contribution in [3.05, 3.63) is 23.8 Å². The zero-order valence-electron chi connectivity index (χ0n) is 10.3. The molecule has 2 N–H and O–H groups in total. The fourth-order valence-electron chi connectivity index (χ4n) is 2.49. The molecule has 1 heterocycles. The second-order valence-corrected chi connectivity index (χ2v) is 4.78. The van der Waals surface area contributed by atoms with Crippen LogP contribution in [0.15, 0.2) is 18.2 Å². The summed E-state index contributed by atoms with van der Waals surface area (Å²) in [5.41, 5.74) is 8.17. The summed E-state index contributed by atoms with van der Waals surface area (Å²) in [5.74, 6) is 0.